The Morgan fingerprint density at radius 2 is 1.48 bits per heavy atom. The maximum Gasteiger partial charge on any atom is 0.321 e. The molecule has 7 nitrogen and oxygen atoms in total. The standard InChI is InChI=1S/C21H21N5O2S/c1-14(2)22-20(28)23-17(27)13-29-21-24-18(15-9-5-3-6-10-15)19(25-26-21)16-11-7-4-8-12-16/h3-12,14H,13H2,1-2H3,(H2,22,23,27,28). The number of aromatic nitrogens is 3. The van der Waals surface area contributed by atoms with E-state index < -0.39 is 11.9 Å². The smallest absolute Gasteiger partial charge is 0.321 e. The minimum atomic E-state index is -0.519. The lowest BCUT2D eigenvalue weighted by Crippen LogP contribution is -2.43. The lowest BCUT2D eigenvalue weighted by molar-refractivity contribution is -0.117. The van der Waals surface area contributed by atoms with Crippen LogP contribution in [0, 0.1) is 0 Å². The van der Waals surface area contributed by atoms with Gasteiger partial charge in [0.1, 0.15) is 11.4 Å². The second-order valence-corrected chi connectivity index (χ2v) is 7.43. The van der Waals surface area contributed by atoms with Gasteiger partial charge in [-0.2, -0.15) is 0 Å². The summed E-state index contributed by atoms with van der Waals surface area (Å²) in [7, 11) is 0. The highest BCUT2D eigenvalue weighted by Gasteiger charge is 2.15. The number of carbonyl (C=O) groups is 2. The molecule has 0 atom stereocenters. The molecule has 0 radical (unpaired) electrons. The van der Waals surface area contributed by atoms with Crippen LogP contribution in [0.2, 0.25) is 0 Å². The number of imide groups is 1. The Bertz CT molecular complexity index is 981. The molecule has 1 aromatic heterocycles. The summed E-state index contributed by atoms with van der Waals surface area (Å²) in [6.07, 6.45) is 0. The highest BCUT2D eigenvalue weighted by molar-refractivity contribution is 7.99. The van der Waals surface area contributed by atoms with Gasteiger partial charge >= 0.3 is 6.03 Å². The zero-order chi connectivity index (χ0) is 20.6. The van der Waals surface area contributed by atoms with Gasteiger partial charge in [0.25, 0.3) is 0 Å². The fourth-order valence-corrected chi connectivity index (χ4v) is 3.14. The lowest BCUT2D eigenvalue weighted by Gasteiger charge is -2.10. The molecule has 3 amide bonds. The van der Waals surface area contributed by atoms with Gasteiger partial charge in [0.05, 0.1) is 5.75 Å². The quantitative estimate of drug-likeness (QED) is 0.607. The summed E-state index contributed by atoms with van der Waals surface area (Å²) in [5, 5.41) is 13.8. The fourth-order valence-electron chi connectivity index (χ4n) is 2.55. The van der Waals surface area contributed by atoms with Gasteiger partial charge in [-0.15, -0.1) is 10.2 Å². The number of hydrogen-bond donors (Lipinski definition) is 2. The van der Waals surface area contributed by atoms with E-state index in [4.69, 9.17) is 0 Å². The first-order chi connectivity index (χ1) is 14.0. The molecule has 0 saturated heterocycles. The predicted octanol–water partition coefficient (Wildman–Crippen LogP) is 3.53. The zero-order valence-electron chi connectivity index (χ0n) is 16.1. The van der Waals surface area contributed by atoms with E-state index in [9.17, 15) is 9.59 Å². The summed E-state index contributed by atoms with van der Waals surface area (Å²) in [5.41, 5.74) is 3.17. The van der Waals surface area contributed by atoms with Crippen molar-refractivity contribution in [3.8, 4) is 22.5 Å². The van der Waals surface area contributed by atoms with Gasteiger partial charge in [-0.3, -0.25) is 10.1 Å². The Labute approximate surface area is 173 Å². The number of thioether (sulfide) groups is 1. The Hall–Kier alpha value is -3.26. The van der Waals surface area contributed by atoms with Crippen molar-refractivity contribution >= 4 is 23.7 Å². The van der Waals surface area contributed by atoms with E-state index in [2.05, 4.69) is 25.8 Å². The maximum absolute atomic E-state index is 12.0. The van der Waals surface area contributed by atoms with Gasteiger partial charge in [0.2, 0.25) is 11.1 Å². The molecule has 0 unspecified atom stereocenters. The van der Waals surface area contributed by atoms with Crippen LogP contribution in [0.4, 0.5) is 4.79 Å². The predicted molar refractivity (Wildman–Crippen MR) is 113 cm³/mol. The number of benzene rings is 2. The van der Waals surface area contributed by atoms with E-state index in [0.29, 0.717) is 16.5 Å². The van der Waals surface area contributed by atoms with Crippen molar-refractivity contribution in [3.05, 3.63) is 60.7 Å². The van der Waals surface area contributed by atoms with E-state index in [1.54, 1.807) is 0 Å². The second kappa shape index (κ2) is 9.79. The van der Waals surface area contributed by atoms with Crippen molar-refractivity contribution in [3.63, 3.8) is 0 Å². The van der Waals surface area contributed by atoms with E-state index in [-0.39, 0.29) is 11.8 Å². The van der Waals surface area contributed by atoms with E-state index >= 15 is 0 Å². The van der Waals surface area contributed by atoms with Crippen molar-refractivity contribution < 1.29 is 9.59 Å². The number of rotatable bonds is 6. The maximum atomic E-state index is 12.0. The van der Waals surface area contributed by atoms with Crippen molar-refractivity contribution in [2.24, 2.45) is 0 Å². The van der Waals surface area contributed by atoms with Crippen LogP contribution in [0.1, 0.15) is 13.8 Å². The SMILES string of the molecule is CC(C)NC(=O)NC(=O)CSc1nnc(-c2ccccc2)c(-c2ccccc2)n1. The third-order valence-corrected chi connectivity index (χ3v) is 4.60. The van der Waals surface area contributed by atoms with Crippen molar-refractivity contribution in [2.75, 3.05) is 5.75 Å². The van der Waals surface area contributed by atoms with Crippen molar-refractivity contribution in [1.29, 1.82) is 0 Å². The first-order valence-corrected chi connectivity index (χ1v) is 10.1. The van der Waals surface area contributed by atoms with Gasteiger partial charge < -0.3 is 5.32 Å². The minimum Gasteiger partial charge on any atom is -0.336 e. The summed E-state index contributed by atoms with van der Waals surface area (Å²) in [4.78, 5) is 28.2. The van der Waals surface area contributed by atoms with Gasteiger partial charge in [-0.25, -0.2) is 9.78 Å². The molecular formula is C21H21N5O2S. The molecular weight excluding hydrogens is 386 g/mol. The Kier molecular flexibility index (Phi) is 6.91. The third kappa shape index (κ3) is 5.86. The molecule has 0 saturated carbocycles. The van der Waals surface area contributed by atoms with Crippen LogP contribution in [0.5, 0.6) is 0 Å². The summed E-state index contributed by atoms with van der Waals surface area (Å²) >= 11 is 1.13. The molecule has 0 bridgehead atoms. The van der Waals surface area contributed by atoms with Gasteiger partial charge in [-0.05, 0) is 13.8 Å². The van der Waals surface area contributed by atoms with Crippen LogP contribution in [0.3, 0.4) is 0 Å². The van der Waals surface area contributed by atoms with Crippen LogP contribution in [-0.4, -0.2) is 38.9 Å². The van der Waals surface area contributed by atoms with Crippen LogP contribution in [-0.2, 0) is 4.79 Å². The number of amides is 3. The first kappa shape index (κ1) is 20.5. The van der Waals surface area contributed by atoms with Crippen LogP contribution < -0.4 is 10.6 Å². The monoisotopic (exact) mass is 407 g/mol. The molecule has 8 heteroatoms. The lowest BCUT2D eigenvalue weighted by atomic mass is 10.0. The van der Waals surface area contributed by atoms with Gasteiger partial charge in [0.15, 0.2) is 0 Å². The summed E-state index contributed by atoms with van der Waals surface area (Å²) in [6.45, 7) is 3.63. The molecule has 0 fully saturated rings. The minimum absolute atomic E-state index is 0.00606. The number of urea groups is 1. The molecule has 29 heavy (non-hydrogen) atoms. The summed E-state index contributed by atoms with van der Waals surface area (Å²) in [6, 6.07) is 18.8. The van der Waals surface area contributed by atoms with Gasteiger partial charge in [-0.1, -0.05) is 72.4 Å². The highest BCUT2D eigenvalue weighted by Crippen LogP contribution is 2.29. The molecule has 0 aliphatic carbocycles. The second-order valence-electron chi connectivity index (χ2n) is 6.49. The Balaban J connectivity index is 1.79. The molecule has 2 aromatic carbocycles. The number of nitrogens with one attached hydrogen (secondary N) is 2. The number of hydrogen-bond acceptors (Lipinski definition) is 6. The van der Waals surface area contributed by atoms with Gasteiger partial charge in [0, 0.05) is 17.2 Å². The molecule has 148 valence electrons. The normalized spacial score (nSPS) is 10.6. The van der Waals surface area contributed by atoms with Crippen LogP contribution >= 0.6 is 11.8 Å². The van der Waals surface area contributed by atoms with E-state index in [0.717, 1.165) is 22.9 Å². The highest BCUT2D eigenvalue weighted by atomic mass is 32.2. The molecule has 3 rings (SSSR count). The average Bonchev–Trinajstić information content (AvgIpc) is 2.72. The van der Waals surface area contributed by atoms with E-state index in [1.807, 2.05) is 74.5 Å². The molecule has 0 aliphatic heterocycles. The Morgan fingerprint density at radius 3 is 2.07 bits per heavy atom. The summed E-state index contributed by atoms with van der Waals surface area (Å²) < 4.78 is 0. The van der Waals surface area contributed by atoms with Crippen molar-refractivity contribution in [1.82, 2.24) is 25.8 Å². The van der Waals surface area contributed by atoms with Crippen LogP contribution in [0.15, 0.2) is 65.8 Å². The number of carbonyl (C=O) groups excluding carboxylic acids is 2. The molecule has 2 N–H and O–H groups in total. The average molecular weight is 407 g/mol. The van der Waals surface area contributed by atoms with Crippen LogP contribution in [0.25, 0.3) is 22.5 Å². The summed E-state index contributed by atoms with van der Waals surface area (Å²) in [5.74, 6) is -0.420. The first-order valence-electron chi connectivity index (χ1n) is 9.11. The molecule has 1 heterocycles. The molecule has 3 aromatic rings. The largest absolute Gasteiger partial charge is 0.336 e. The van der Waals surface area contributed by atoms with E-state index in [1.165, 1.54) is 0 Å². The zero-order valence-corrected chi connectivity index (χ0v) is 16.9. The molecule has 0 spiro atoms. The fraction of sp³-hybridized carbons (Fsp3) is 0.190. The molecule has 0 aliphatic rings. The number of nitrogens with zero attached hydrogens (tertiary/aromatic N) is 3. The van der Waals surface area contributed by atoms with Crippen molar-refractivity contribution in [2.45, 2.75) is 25.0 Å². The topological polar surface area (TPSA) is 96.9 Å². The Morgan fingerprint density at radius 1 is 0.897 bits per heavy atom. The third-order valence-electron chi connectivity index (χ3n) is 3.77.